The number of thiophene rings is 1. The van der Waals surface area contributed by atoms with Gasteiger partial charge in [0.1, 0.15) is 34.7 Å². The van der Waals surface area contributed by atoms with E-state index in [1.54, 1.807) is 19.1 Å². The van der Waals surface area contributed by atoms with Crippen molar-refractivity contribution in [3.63, 3.8) is 0 Å². The van der Waals surface area contributed by atoms with Crippen LogP contribution in [0.3, 0.4) is 0 Å². The highest BCUT2D eigenvalue weighted by Gasteiger charge is 2.31. The summed E-state index contributed by atoms with van der Waals surface area (Å²) >= 11 is 6.94. The molecule has 1 N–H and O–H groups in total. The van der Waals surface area contributed by atoms with Crippen LogP contribution >= 0.6 is 22.9 Å². The van der Waals surface area contributed by atoms with E-state index < -0.39 is 35.2 Å². The summed E-state index contributed by atoms with van der Waals surface area (Å²) in [5, 5.41) is 2.36. The van der Waals surface area contributed by atoms with Gasteiger partial charge in [-0.1, -0.05) is 29.8 Å². The minimum Gasteiger partial charge on any atom is -0.490 e. The van der Waals surface area contributed by atoms with E-state index in [-0.39, 0.29) is 39.0 Å². The molecule has 2 aromatic heterocycles. The first-order chi connectivity index (χ1) is 18.5. The second-order valence-corrected chi connectivity index (χ2v) is 9.75. The third-order valence-electron chi connectivity index (χ3n) is 5.74. The molecule has 0 aliphatic rings. The van der Waals surface area contributed by atoms with E-state index in [9.17, 15) is 27.6 Å². The Morgan fingerprint density at radius 3 is 2.56 bits per heavy atom. The number of esters is 1. The van der Waals surface area contributed by atoms with Crippen LogP contribution in [0.5, 0.6) is 5.75 Å². The van der Waals surface area contributed by atoms with Crippen LogP contribution in [0.1, 0.15) is 33.8 Å². The van der Waals surface area contributed by atoms with E-state index in [0.29, 0.717) is 17.4 Å². The molecule has 0 fully saturated rings. The number of para-hydroxylation sites is 1. The molecule has 1 amide bonds. The molecule has 0 spiro atoms. The van der Waals surface area contributed by atoms with E-state index in [1.807, 2.05) is 18.2 Å². The molecule has 13 heteroatoms. The smallest absolute Gasteiger partial charge is 0.416 e. The van der Waals surface area contributed by atoms with Crippen molar-refractivity contribution in [2.45, 2.75) is 26.1 Å². The Labute approximate surface area is 228 Å². The first-order valence-electron chi connectivity index (χ1n) is 11.5. The average molecular weight is 580 g/mol. The largest absolute Gasteiger partial charge is 0.490 e. The first-order valence-corrected chi connectivity index (χ1v) is 12.7. The minimum atomic E-state index is -4.63. The number of anilines is 1. The number of benzene rings is 2. The van der Waals surface area contributed by atoms with Gasteiger partial charge in [-0.15, -0.1) is 11.3 Å². The quantitative estimate of drug-likeness (QED) is 0.207. The zero-order valence-electron chi connectivity index (χ0n) is 20.5. The van der Waals surface area contributed by atoms with Gasteiger partial charge in [0.2, 0.25) is 5.91 Å². The summed E-state index contributed by atoms with van der Waals surface area (Å²) in [4.78, 5) is 43.4. The number of carbonyl (C=O) groups is 2. The summed E-state index contributed by atoms with van der Waals surface area (Å²) in [7, 11) is 0. The summed E-state index contributed by atoms with van der Waals surface area (Å²) < 4.78 is 51.0. The predicted molar refractivity (Wildman–Crippen MR) is 141 cm³/mol. The van der Waals surface area contributed by atoms with E-state index >= 15 is 0 Å². The molecular formula is C26H21ClF3N3O5S. The van der Waals surface area contributed by atoms with Gasteiger partial charge in [-0.3, -0.25) is 14.2 Å². The van der Waals surface area contributed by atoms with Gasteiger partial charge in [0, 0.05) is 0 Å². The van der Waals surface area contributed by atoms with Gasteiger partial charge in [-0.2, -0.15) is 13.2 Å². The fourth-order valence-corrected chi connectivity index (χ4v) is 4.84. The topological polar surface area (TPSA) is 99.5 Å². The lowest BCUT2D eigenvalue weighted by Crippen LogP contribution is -2.32. The number of hydrogen-bond acceptors (Lipinski definition) is 7. The third kappa shape index (κ3) is 6.23. The standard InChI is InChI=1S/C26H21ClF3N3O5S/c1-14-20-23(39-21(14)25(36)38-11-10-37-17-6-4-3-5-7-17)31-13-33(24(20)35)15(2)22(34)32-19-12-16(26(28,29)30)8-9-18(19)27/h3-9,12-13,15H,10-11H2,1-2H3,(H,32,34). The molecule has 4 aromatic rings. The van der Waals surface area contributed by atoms with Crippen LogP contribution in [-0.2, 0) is 15.7 Å². The van der Waals surface area contributed by atoms with Crippen molar-refractivity contribution in [3.05, 3.63) is 86.2 Å². The number of nitrogens with zero attached hydrogens (tertiary/aromatic N) is 2. The number of aryl methyl sites for hydroxylation is 1. The molecule has 8 nitrogen and oxygen atoms in total. The van der Waals surface area contributed by atoms with E-state index in [2.05, 4.69) is 10.3 Å². The number of amides is 1. The van der Waals surface area contributed by atoms with Crippen LogP contribution in [0.25, 0.3) is 10.2 Å². The molecule has 2 heterocycles. The molecule has 0 saturated heterocycles. The molecule has 0 aliphatic heterocycles. The van der Waals surface area contributed by atoms with Crippen molar-refractivity contribution in [3.8, 4) is 5.75 Å². The Kier molecular flexibility index (Phi) is 8.26. The maximum atomic E-state index is 13.3. The van der Waals surface area contributed by atoms with Gasteiger partial charge in [0.15, 0.2) is 0 Å². The van der Waals surface area contributed by atoms with E-state index in [1.165, 1.54) is 6.92 Å². The molecule has 204 valence electrons. The molecule has 0 radical (unpaired) electrons. The lowest BCUT2D eigenvalue weighted by atomic mass is 10.2. The second kappa shape index (κ2) is 11.5. The van der Waals surface area contributed by atoms with Crippen LogP contribution in [0, 0.1) is 6.92 Å². The Morgan fingerprint density at radius 2 is 1.87 bits per heavy atom. The third-order valence-corrected chi connectivity index (χ3v) is 7.25. The van der Waals surface area contributed by atoms with Crippen LogP contribution in [-0.4, -0.2) is 34.6 Å². The zero-order chi connectivity index (χ0) is 28.3. The van der Waals surface area contributed by atoms with Crippen molar-refractivity contribution in [2.75, 3.05) is 18.5 Å². The number of carbonyl (C=O) groups excluding carboxylic acids is 2. The second-order valence-electron chi connectivity index (χ2n) is 8.35. The van der Waals surface area contributed by atoms with Crippen LogP contribution in [0.4, 0.5) is 18.9 Å². The van der Waals surface area contributed by atoms with Gasteiger partial charge < -0.3 is 14.8 Å². The van der Waals surface area contributed by atoms with E-state index in [0.717, 1.165) is 34.4 Å². The zero-order valence-corrected chi connectivity index (χ0v) is 22.1. The number of alkyl halides is 3. The molecule has 0 saturated carbocycles. The summed E-state index contributed by atoms with van der Waals surface area (Å²) in [5.74, 6) is -0.807. The number of ether oxygens (including phenoxy) is 2. The normalized spacial score (nSPS) is 12.3. The van der Waals surface area contributed by atoms with Crippen molar-refractivity contribution >= 4 is 50.7 Å². The predicted octanol–water partition coefficient (Wildman–Crippen LogP) is 5.87. The van der Waals surface area contributed by atoms with Gasteiger partial charge >= 0.3 is 12.1 Å². The number of nitrogens with one attached hydrogen (secondary N) is 1. The Morgan fingerprint density at radius 1 is 1.15 bits per heavy atom. The molecule has 0 aliphatic carbocycles. The highest BCUT2D eigenvalue weighted by atomic mass is 35.5. The molecule has 0 bridgehead atoms. The summed E-state index contributed by atoms with van der Waals surface area (Å²) in [5.41, 5.74) is -1.50. The molecule has 4 rings (SSSR count). The van der Waals surface area contributed by atoms with E-state index in [4.69, 9.17) is 21.1 Å². The van der Waals surface area contributed by atoms with Crippen LogP contribution in [0.15, 0.2) is 59.7 Å². The monoisotopic (exact) mass is 579 g/mol. The molecule has 1 atom stereocenters. The average Bonchev–Trinajstić information content (AvgIpc) is 3.24. The SMILES string of the molecule is Cc1c(C(=O)OCCOc2ccccc2)sc2ncn(C(C)C(=O)Nc3cc(C(F)(F)F)ccc3Cl)c(=O)c12. The Balaban J connectivity index is 1.50. The first kappa shape index (κ1) is 28.1. The van der Waals surface area contributed by atoms with Crippen LogP contribution in [0.2, 0.25) is 5.02 Å². The summed E-state index contributed by atoms with van der Waals surface area (Å²) in [6.07, 6.45) is -3.49. The van der Waals surface area contributed by atoms with Gasteiger partial charge in [0.05, 0.1) is 28.0 Å². The van der Waals surface area contributed by atoms with Crippen molar-refractivity contribution in [1.29, 1.82) is 0 Å². The summed E-state index contributed by atoms with van der Waals surface area (Å²) in [6.45, 7) is 3.06. The van der Waals surface area contributed by atoms with Crippen molar-refractivity contribution in [2.24, 2.45) is 0 Å². The van der Waals surface area contributed by atoms with Crippen molar-refractivity contribution in [1.82, 2.24) is 9.55 Å². The number of aromatic nitrogens is 2. The summed E-state index contributed by atoms with van der Waals surface area (Å²) in [6, 6.07) is 10.4. The lowest BCUT2D eigenvalue weighted by Gasteiger charge is -2.16. The highest BCUT2D eigenvalue weighted by Crippen LogP contribution is 2.34. The van der Waals surface area contributed by atoms with Gasteiger partial charge in [0.25, 0.3) is 5.56 Å². The molecule has 39 heavy (non-hydrogen) atoms. The van der Waals surface area contributed by atoms with Crippen molar-refractivity contribution < 1.29 is 32.2 Å². The lowest BCUT2D eigenvalue weighted by molar-refractivity contribution is -0.137. The molecule has 1 unspecified atom stereocenters. The number of hydrogen-bond donors (Lipinski definition) is 1. The fraction of sp³-hybridized carbons (Fsp3) is 0.231. The number of rotatable bonds is 8. The fourth-order valence-electron chi connectivity index (χ4n) is 3.64. The number of fused-ring (bicyclic) bond motifs is 1. The van der Waals surface area contributed by atoms with Gasteiger partial charge in [-0.05, 0) is 49.7 Å². The maximum Gasteiger partial charge on any atom is 0.416 e. The maximum absolute atomic E-state index is 13.3. The molecule has 2 aromatic carbocycles. The van der Waals surface area contributed by atoms with Crippen LogP contribution < -0.4 is 15.6 Å². The Bertz CT molecular complexity index is 1590. The highest BCUT2D eigenvalue weighted by molar-refractivity contribution is 7.20. The number of halogens is 4. The minimum absolute atomic E-state index is 0.0195. The van der Waals surface area contributed by atoms with Gasteiger partial charge in [-0.25, -0.2) is 9.78 Å². The molecular weight excluding hydrogens is 559 g/mol. The Hall–Kier alpha value is -3.90.